The fraction of sp³-hybridized carbons (Fsp3) is 0.182. The quantitative estimate of drug-likeness (QED) is 0.182. The van der Waals surface area contributed by atoms with Gasteiger partial charge in [-0.2, -0.15) is 0 Å². The topological polar surface area (TPSA) is 80.3 Å². The Morgan fingerprint density at radius 2 is 0.604 bits per heavy atom. The molecule has 0 N–H and O–H groups in total. The summed E-state index contributed by atoms with van der Waals surface area (Å²) in [5.74, 6) is 0.944. The Balaban J connectivity index is 1.57. The molecule has 0 saturated carbocycles. The van der Waals surface area contributed by atoms with Crippen LogP contribution in [0.5, 0.6) is 11.5 Å². The van der Waals surface area contributed by atoms with Crippen molar-refractivity contribution in [3.05, 3.63) is 158 Å². The fourth-order valence-corrected chi connectivity index (χ4v) is 12.4. The number of benzene rings is 6. The van der Waals surface area contributed by atoms with Crippen LogP contribution < -0.4 is 41.3 Å². The van der Waals surface area contributed by atoms with Crippen molar-refractivity contribution in [3.63, 3.8) is 0 Å². The van der Waals surface area contributed by atoms with E-state index in [4.69, 9.17) is 23.7 Å². The molecule has 0 aromatic heterocycles. The van der Waals surface area contributed by atoms with Crippen LogP contribution in [-0.4, -0.2) is 52.9 Å². The lowest BCUT2D eigenvalue weighted by Crippen LogP contribution is -2.30. The van der Waals surface area contributed by atoms with Crippen LogP contribution in [0.1, 0.15) is 0 Å². The molecular weight excluding hydrogens is 702 g/mol. The SMILES string of the molecule is O=P(c1ccccc1)(c1ccccc1)c1cccc2c1-c1c(cccc1P(=O)(c1ccccc1)c1ccccc1)OCCOCCOCCOCCO2. The van der Waals surface area contributed by atoms with E-state index in [1.807, 2.05) is 158 Å². The molecule has 1 heterocycles. The predicted molar refractivity (Wildman–Crippen MR) is 214 cm³/mol. The molecule has 6 aromatic rings. The molecule has 7 rings (SSSR count). The van der Waals surface area contributed by atoms with Crippen LogP contribution in [-0.2, 0) is 23.3 Å². The summed E-state index contributed by atoms with van der Waals surface area (Å²) in [6, 6.07) is 49.4. The molecule has 0 bridgehead atoms. The zero-order valence-electron chi connectivity index (χ0n) is 29.4. The van der Waals surface area contributed by atoms with Crippen molar-refractivity contribution >= 4 is 46.1 Å². The van der Waals surface area contributed by atoms with E-state index < -0.39 is 14.3 Å². The third kappa shape index (κ3) is 7.82. The number of hydrogen-bond donors (Lipinski definition) is 0. The molecule has 7 nitrogen and oxygen atoms in total. The molecule has 0 saturated heterocycles. The molecule has 0 amide bonds. The van der Waals surface area contributed by atoms with Gasteiger partial charge in [0.05, 0.1) is 39.6 Å². The van der Waals surface area contributed by atoms with Gasteiger partial charge in [-0.05, 0) is 24.3 Å². The standard InChI is InChI=1S/C44H42O7P2/c45-52(35-15-5-1-6-16-35,36-17-7-2-8-18-36)41-25-13-23-39-43(41)44-40(51-34-32-49-30-28-47-27-29-48-31-33-50-39)24-14-26-42(44)53(46,37-19-9-3-10-20-37)38-21-11-4-12-22-38/h1-26H,27-34H2. The molecule has 9 heteroatoms. The van der Waals surface area contributed by atoms with Gasteiger partial charge in [0.1, 0.15) is 24.7 Å². The summed E-state index contributed by atoms with van der Waals surface area (Å²) in [5.41, 5.74) is 1.10. The van der Waals surface area contributed by atoms with Crippen molar-refractivity contribution in [1.29, 1.82) is 0 Å². The highest BCUT2D eigenvalue weighted by Gasteiger charge is 2.39. The molecule has 1 aliphatic rings. The lowest BCUT2D eigenvalue weighted by Gasteiger charge is -2.29. The van der Waals surface area contributed by atoms with Gasteiger partial charge in [0.15, 0.2) is 14.3 Å². The van der Waals surface area contributed by atoms with Crippen LogP contribution in [0.2, 0.25) is 0 Å². The van der Waals surface area contributed by atoms with Crippen LogP contribution in [0.25, 0.3) is 11.1 Å². The van der Waals surface area contributed by atoms with Crippen molar-refractivity contribution in [2.75, 3.05) is 52.9 Å². The molecule has 0 atom stereocenters. The largest absolute Gasteiger partial charge is 0.491 e. The minimum absolute atomic E-state index is 0.216. The molecule has 0 spiro atoms. The van der Waals surface area contributed by atoms with Crippen LogP contribution in [0, 0.1) is 0 Å². The maximum Gasteiger partial charge on any atom is 0.171 e. The zero-order valence-corrected chi connectivity index (χ0v) is 31.2. The number of ether oxygens (including phenoxy) is 5. The van der Waals surface area contributed by atoms with Gasteiger partial charge in [0.25, 0.3) is 0 Å². The van der Waals surface area contributed by atoms with Gasteiger partial charge in [-0.25, -0.2) is 0 Å². The average molecular weight is 745 g/mol. The Bertz CT molecular complexity index is 1940. The van der Waals surface area contributed by atoms with Crippen molar-refractivity contribution in [1.82, 2.24) is 0 Å². The second kappa shape index (κ2) is 17.4. The summed E-state index contributed by atoms with van der Waals surface area (Å²) in [4.78, 5) is 0. The second-order valence-electron chi connectivity index (χ2n) is 12.4. The van der Waals surface area contributed by atoms with Gasteiger partial charge in [-0.3, -0.25) is 0 Å². The smallest absolute Gasteiger partial charge is 0.171 e. The van der Waals surface area contributed by atoms with Crippen molar-refractivity contribution < 1.29 is 32.8 Å². The fourth-order valence-electron chi connectivity index (χ4n) is 6.68. The van der Waals surface area contributed by atoms with Crippen LogP contribution >= 0.6 is 14.3 Å². The summed E-state index contributed by atoms with van der Waals surface area (Å²) in [6.45, 7) is 2.71. The van der Waals surface area contributed by atoms with E-state index in [2.05, 4.69) is 0 Å². The third-order valence-corrected chi connectivity index (χ3v) is 15.3. The maximum atomic E-state index is 16.3. The Hall–Kier alpha value is -4.74. The van der Waals surface area contributed by atoms with E-state index in [1.165, 1.54) is 0 Å². The summed E-state index contributed by atoms with van der Waals surface area (Å²) in [5, 5.41) is 3.73. The number of hydrogen-bond acceptors (Lipinski definition) is 7. The van der Waals surface area contributed by atoms with Crippen molar-refractivity contribution in [3.8, 4) is 22.6 Å². The van der Waals surface area contributed by atoms with Crippen LogP contribution in [0.4, 0.5) is 0 Å². The Labute approximate surface area is 311 Å². The van der Waals surface area contributed by atoms with E-state index in [-0.39, 0.29) is 13.2 Å². The van der Waals surface area contributed by atoms with Gasteiger partial charge in [0, 0.05) is 43.0 Å². The Kier molecular flexibility index (Phi) is 12.0. The third-order valence-electron chi connectivity index (χ3n) is 9.13. The van der Waals surface area contributed by atoms with Crippen LogP contribution in [0.3, 0.4) is 0 Å². The van der Waals surface area contributed by atoms with Gasteiger partial charge >= 0.3 is 0 Å². The van der Waals surface area contributed by atoms with Gasteiger partial charge in [0.2, 0.25) is 0 Å². The molecule has 0 fully saturated rings. The highest BCUT2D eigenvalue weighted by Crippen LogP contribution is 2.52. The first-order valence-corrected chi connectivity index (χ1v) is 21.2. The van der Waals surface area contributed by atoms with E-state index in [1.54, 1.807) is 0 Å². The monoisotopic (exact) mass is 744 g/mol. The van der Waals surface area contributed by atoms with Crippen molar-refractivity contribution in [2.45, 2.75) is 0 Å². The first-order valence-electron chi connectivity index (χ1n) is 17.8. The number of fused-ring (bicyclic) bond motifs is 3. The summed E-state index contributed by atoms with van der Waals surface area (Å²) < 4.78 is 63.1. The summed E-state index contributed by atoms with van der Waals surface area (Å²) in [7, 11) is -7.24. The van der Waals surface area contributed by atoms with Gasteiger partial charge < -0.3 is 32.8 Å². The maximum absolute atomic E-state index is 16.3. The molecule has 0 radical (unpaired) electrons. The Morgan fingerprint density at radius 1 is 0.321 bits per heavy atom. The lowest BCUT2D eigenvalue weighted by molar-refractivity contribution is 0.00520. The average Bonchev–Trinajstić information content (AvgIpc) is 3.23. The highest BCUT2D eigenvalue weighted by molar-refractivity contribution is 7.86. The summed E-state index contributed by atoms with van der Waals surface area (Å²) >= 11 is 0. The predicted octanol–water partition coefficient (Wildman–Crippen LogP) is 6.45. The highest BCUT2D eigenvalue weighted by atomic mass is 31.2. The molecule has 6 aromatic carbocycles. The van der Waals surface area contributed by atoms with Gasteiger partial charge in [-0.1, -0.05) is 133 Å². The normalized spacial score (nSPS) is 14.8. The van der Waals surface area contributed by atoms with E-state index in [0.29, 0.717) is 94.1 Å². The second-order valence-corrected chi connectivity index (χ2v) is 17.9. The van der Waals surface area contributed by atoms with Gasteiger partial charge in [-0.15, -0.1) is 0 Å². The first-order chi connectivity index (χ1) is 26.1. The molecule has 270 valence electrons. The molecule has 53 heavy (non-hydrogen) atoms. The minimum Gasteiger partial charge on any atom is -0.491 e. The van der Waals surface area contributed by atoms with E-state index in [9.17, 15) is 0 Å². The number of rotatable bonds is 6. The summed E-state index contributed by atoms with van der Waals surface area (Å²) in [6.07, 6.45) is 0. The first kappa shape index (κ1) is 36.6. The Morgan fingerprint density at radius 3 is 0.906 bits per heavy atom. The minimum atomic E-state index is -3.62. The molecule has 0 aliphatic carbocycles. The van der Waals surface area contributed by atoms with Crippen molar-refractivity contribution in [2.24, 2.45) is 0 Å². The van der Waals surface area contributed by atoms with E-state index >= 15 is 9.13 Å². The molecule has 0 unspecified atom stereocenters. The van der Waals surface area contributed by atoms with E-state index in [0.717, 1.165) is 0 Å². The lowest BCUT2D eigenvalue weighted by atomic mass is 10.0. The molecular formula is C44H42O7P2. The molecule has 1 aliphatic heterocycles. The van der Waals surface area contributed by atoms with Crippen LogP contribution in [0.15, 0.2) is 158 Å². The zero-order chi connectivity index (χ0) is 36.4.